The molecule has 1 aliphatic heterocycles. The molecule has 110 valence electrons. The minimum atomic E-state index is -0.260. The number of hydrogen-bond donors (Lipinski definition) is 2. The number of nitrogens with one attached hydrogen (secondary N) is 1. The summed E-state index contributed by atoms with van der Waals surface area (Å²) >= 11 is 0. The summed E-state index contributed by atoms with van der Waals surface area (Å²) in [6, 6.07) is 0.539. The minimum absolute atomic E-state index is 0.260. The first-order chi connectivity index (χ1) is 9.08. The van der Waals surface area contributed by atoms with Crippen LogP contribution in [0.5, 0.6) is 0 Å². The number of esters is 1. The Morgan fingerprint density at radius 3 is 3.00 bits per heavy atom. The Morgan fingerprint density at radius 1 is 1.63 bits per heavy atom. The van der Waals surface area contributed by atoms with Gasteiger partial charge in [0.25, 0.3) is 0 Å². The highest BCUT2D eigenvalue weighted by atomic mass is 16.5. The molecule has 3 N–H and O–H groups in total. The number of methoxy groups -OCH3 is 1. The fourth-order valence-electron chi connectivity index (χ4n) is 2.33. The summed E-state index contributed by atoms with van der Waals surface area (Å²) in [6.45, 7) is 7.36. The molecule has 0 aromatic heterocycles. The van der Waals surface area contributed by atoms with Gasteiger partial charge in [-0.05, 0) is 25.9 Å². The molecular formula is C13H26N4O2. The van der Waals surface area contributed by atoms with Crippen LogP contribution in [0.1, 0.15) is 26.7 Å². The van der Waals surface area contributed by atoms with Crippen LogP contribution in [0.15, 0.2) is 4.99 Å². The number of aliphatic imine (C=N–C) groups is 1. The van der Waals surface area contributed by atoms with Crippen LogP contribution in [0.3, 0.4) is 0 Å². The molecule has 0 aliphatic carbocycles. The van der Waals surface area contributed by atoms with Crippen molar-refractivity contribution in [2.24, 2.45) is 16.6 Å². The van der Waals surface area contributed by atoms with Crippen molar-refractivity contribution in [1.29, 1.82) is 0 Å². The standard InChI is InChI=1S/C13H26N4O2/c1-4-17-7-5-6-11(17)9-16-13(14)15-8-10(2)12(18)19-3/h10-11H,4-9H2,1-3H3,(H3,14,15,16). The molecule has 1 rings (SSSR count). The van der Waals surface area contributed by atoms with Gasteiger partial charge in [0.2, 0.25) is 0 Å². The van der Waals surface area contributed by atoms with Crippen LogP contribution in [-0.4, -0.2) is 56.2 Å². The zero-order valence-corrected chi connectivity index (χ0v) is 12.2. The molecule has 2 atom stereocenters. The Bertz CT molecular complexity index is 320. The molecule has 2 unspecified atom stereocenters. The van der Waals surface area contributed by atoms with Gasteiger partial charge in [0, 0.05) is 12.6 Å². The van der Waals surface area contributed by atoms with Gasteiger partial charge < -0.3 is 15.8 Å². The Morgan fingerprint density at radius 2 is 2.37 bits per heavy atom. The van der Waals surface area contributed by atoms with Gasteiger partial charge in [0.1, 0.15) is 0 Å². The van der Waals surface area contributed by atoms with Gasteiger partial charge >= 0.3 is 5.97 Å². The Labute approximate surface area is 115 Å². The molecule has 6 heteroatoms. The number of nitrogens with two attached hydrogens (primary N) is 1. The number of likely N-dealkylation sites (N-methyl/N-ethyl adjacent to an activating group) is 1. The van der Waals surface area contributed by atoms with Gasteiger partial charge in [-0.2, -0.15) is 0 Å². The van der Waals surface area contributed by atoms with Crippen LogP contribution in [-0.2, 0) is 9.53 Å². The third-order valence-corrected chi connectivity index (χ3v) is 3.56. The number of likely N-dealkylation sites (tertiary alicyclic amines) is 1. The van der Waals surface area contributed by atoms with E-state index in [0.29, 0.717) is 18.5 Å². The maximum absolute atomic E-state index is 11.2. The first-order valence-electron chi connectivity index (χ1n) is 6.94. The van der Waals surface area contributed by atoms with E-state index in [1.165, 1.54) is 26.5 Å². The van der Waals surface area contributed by atoms with E-state index >= 15 is 0 Å². The van der Waals surface area contributed by atoms with Crippen LogP contribution in [0, 0.1) is 5.92 Å². The molecule has 0 radical (unpaired) electrons. The lowest BCUT2D eigenvalue weighted by molar-refractivity contribution is -0.144. The van der Waals surface area contributed by atoms with E-state index < -0.39 is 0 Å². The van der Waals surface area contributed by atoms with E-state index in [9.17, 15) is 4.79 Å². The summed E-state index contributed by atoms with van der Waals surface area (Å²) in [5, 5.41) is 3.14. The minimum Gasteiger partial charge on any atom is -0.469 e. The van der Waals surface area contributed by atoms with E-state index in [2.05, 4.69) is 26.9 Å². The molecule has 0 spiro atoms. The molecular weight excluding hydrogens is 244 g/mol. The summed E-state index contributed by atoms with van der Waals surface area (Å²) in [7, 11) is 1.38. The highest BCUT2D eigenvalue weighted by molar-refractivity contribution is 5.78. The smallest absolute Gasteiger partial charge is 0.310 e. The molecule has 0 aromatic carbocycles. The number of nitrogens with zero attached hydrogens (tertiary/aromatic N) is 2. The van der Waals surface area contributed by atoms with Gasteiger partial charge in [0.05, 0.1) is 19.6 Å². The Kier molecular flexibility index (Phi) is 6.62. The van der Waals surface area contributed by atoms with Crippen molar-refractivity contribution in [3.05, 3.63) is 0 Å². The van der Waals surface area contributed by atoms with Crippen LogP contribution in [0.2, 0.25) is 0 Å². The first-order valence-corrected chi connectivity index (χ1v) is 6.94. The van der Waals surface area contributed by atoms with Crippen molar-refractivity contribution >= 4 is 11.9 Å². The molecule has 6 nitrogen and oxygen atoms in total. The molecule has 19 heavy (non-hydrogen) atoms. The molecule has 1 saturated heterocycles. The second kappa shape index (κ2) is 7.99. The van der Waals surface area contributed by atoms with Gasteiger partial charge in [-0.25, -0.2) is 0 Å². The summed E-state index contributed by atoms with van der Waals surface area (Å²) in [5.74, 6) is -0.118. The van der Waals surface area contributed by atoms with Gasteiger partial charge in [-0.1, -0.05) is 13.8 Å². The van der Waals surface area contributed by atoms with Crippen LogP contribution >= 0.6 is 0 Å². The molecule has 0 aromatic rings. The molecule has 1 heterocycles. The second-order valence-corrected chi connectivity index (χ2v) is 4.96. The second-order valence-electron chi connectivity index (χ2n) is 4.96. The van der Waals surface area contributed by atoms with Gasteiger partial charge in [0.15, 0.2) is 5.96 Å². The SMILES string of the molecule is CCN1CCCC1CNC(N)=NCC(C)C(=O)OC. The van der Waals surface area contributed by atoms with Crippen LogP contribution < -0.4 is 11.1 Å². The van der Waals surface area contributed by atoms with E-state index in [-0.39, 0.29) is 11.9 Å². The van der Waals surface area contributed by atoms with E-state index in [1.54, 1.807) is 6.92 Å². The normalized spacial score (nSPS) is 22.3. The fraction of sp³-hybridized carbons (Fsp3) is 0.846. The van der Waals surface area contributed by atoms with Crippen molar-refractivity contribution in [1.82, 2.24) is 10.2 Å². The van der Waals surface area contributed by atoms with Crippen LogP contribution in [0.4, 0.5) is 0 Å². The highest BCUT2D eigenvalue weighted by Gasteiger charge is 2.22. The number of rotatable bonds is 6. The molecule has 0 amide bonds. The summed E-state index contributed by atoms with van der Waals surface area (Å²) in [4.78, 5) is 17.8. The van der Waals surface area contributed by atoms with Crippen molar-refractivity contribution < 1.29 is 9.53 Å². The zero-order chi connectivity index (χ0) is 14.3. The molecule has 0 saturated carbocycles. The van der Waals surface area contributed by atoms with E-state index in [4.69, 9.17) is 5.73 Å². The topological polar surface area (TPSA) is 80.0 Å². The largest absolute Gasteiger partial charge is 0.469 e. The average molecular weight is 270 g/mol. The third-order valence-electron chi connectivity index (χ3n) is 3.56. The number of carbonyl (C=O) groups is 1. The predicted molar refractivity (Wildman–Crippen MR) is 75.9 cm³/mol. The Hall–Kier alpha value is -1.30. The Balaban J connectivity index is 2.30. The maximum atomic E-state index is 11.2. The maximum Gasteiger partial charge on any atom is 0.310 e. The quantitative estimate of drug-likeness (QED) is 0.409. The molecule has 1 fully saturated rings. The van der Waals surface area contributed by atoms with Gasteiger partial charge in [-0.3, -0.25) is 14.7 Å². The highest BCUT2D eigenvalue weighted by Crippen LogP contribution is 2.15. The summed E-state index contributed by atoms with van der Waals surface area (Å²) < 4.78 is 4.64. The zero-order valence-electron chi connectivity index (χ0n) is 12.2. The molecule has 1 aliphatic rings. The third kappa shape index (κ3) is 5.06. The molecule has 0 bridgehead atoms. The monoisotopic (exact) mass is 270 g/mol. The number of ether oxygens (including phenoxy) is 1. The average Bonchev–Trinajstić information content (AvgIpc) is 2.88. The predicted octanol–water partition coefficient (Wildman–Crippen LogP) is 0.184. The lowest BCUT2D eigenvalue weighted by Gasteiger charge is -2.23. The van der Waals surface area contributed by atoms with Crippen molar-refractivity contribution in [2.75, 3.05) is 33.3 Å². The summed E-state index contributed by atoms with van der Waals surface area (Å²) in [5.41, 5.74) is 5.80. The lowest BCUT2D eigenvalue weighted by Crippen LogP contribution is -2.43. The van der Waals surface area contributed by atoms with Crippen molar-refractivity contribution in [2.45, 2.75) is 32.7 Å². The van der Waals surface area contributed by atoms with Crippen LogP contribution in [0.25, 0.3) is 0 Å². The number of guanidine groups is 1. The fourth-order valence-corrected chi connectivity index (χ4v) is 2.33. The first kappa shape index (κ1) is 15.8. The number of hydrogen-bond acceptors (Lipinski definition) is 4. The van der Waals surface area contributed by atoms with Gasteiger partial charge in [-0.15, -0.1) is 0 Å². The lowest BCUT2D eigenvalue weighted by atomic mass is 10.2. The van der Waals surface area contributed by atoms with Crippen molar-refractivity contribution in [3.8, 4) is 0 Å². The van der Waals surface area contributed by atoms with Crippen molar-refractivity contribution in [3.63, 3.8) is 0 Å². The van der Waals surface area contributed by atoms with E-state index in [1.807, 2.05) is 0 Å². The summed E-state index contributed by atoms with van der Waals surface area (Å²) in [6.07, 6.45) is 2.45. The number of carbonyl (C=O) groups excluding carboxylic acids is 1. The van der Waals surface area contributed by atoms with E-state index in [0.717, 1.165) is 13.1 Å².